The van der Waals surface area contributed by atoms with Gasteiger partial charge in [-0.15, -0.1) is 0 Å². The topological polar surface area (TPSA) is 107 Å². The van der Waals surface area contributed by atoms with Crippen molar-refractivity contribution >= 4 is 17.3 Å². The number of nitro benzene ring substituents is 1. The van der Waals surface area contributed by atoms with Crippen molar-refractivity contribution < 1.29 is 14.5 Å². The lowest BCUT2D eigenvalue weighted by molar-refractivity contribution is -0.384. The van der Waals surface area contributed by atoms with Gasteiger partial charge < -0.3 is 15.8 Å². The van der Waals surface area contributed by atoms with Gasteiger partial charge in [0.05, 0.1) is 11.5 Å². The molecule has 0 fully saturated rings. The van der Waals surface area contributed by atoms with Crippen LogP contribution in [-0.2, 0) is 4.74 Å². The maximum absolute atomic E-state index is 12.0. The van der Waals surface area contributed by atoms with Gasteiger partial charge in [0.25, 0.3) is 5.91 Å². The summed E-state index contributed by atoms with van der Waals surface area (Å²) >= 11 is 0. The minimum absolute atomic E-state index is 0.0323. The van der Waals surface area contributed by atoms with E-state index in [0.29, 0.717) is 13.2 Å². The number of nitrogens with zero attached hydrogens (tertiary/aromatic N) is 1. The van der Waals surface area contributed by atoms with E-state index in [1.807, 2.05) is 6.92 Å². The molecule has 0 spiro atoms. The van der Waals surface area contributed by atoms with E-state index < -0.39 is 10.8 Å². The summed E-state index contributed by atoms with van der Waals surface area (Å²) in [6.45, 7) is 4.49. The molecule has 0 radical (unpaired) electrons. The van der Waals surface area contributed by atoms with Gasteiger partial charge in [-0.25, -0.2) is 0 Å². The molecule has 19 heavy (non-hydrogen) atoms. The molecule has 0 aliphatic rings. The van der Waals surface area contributed by atoms with Gasteiger partial charge >= 0.3 is 5.69 Å². The second kappa shape index (κ2) is 6.69. The van der Waals surface area contributed by atoms with Gasteiger partial charge in [0.1, 0.15) is 11.3 Å². The number of amides is 1. The van der Waals surface area contributed by atoms with Crippen molar-refractivity contribution in [3.8, 4) is 0 Å². The summed E-state index contributed by atoms with van der Waals surface area (Å²) in [4.78, 5) is 22.2. The zero-order chi connectivity index (χ0) is 14.4. The molecule has 0 bridgehead atoms. The van der Waals surface area contributed by atoms with Crippen LogP contribution in [0.3, 0.4) is 0 Å². The van der Waals surface area contributed by atoms with Crippen LogP contribution in [0.2, 0.25) is 0 Å². The van der Waals surface area contributed by atoms with Crippen molar-refractivity contribution in [1.82, 2.24) is 5.32 Å². The third kappa shape index (κ3) is 3.92. The van der Waals surface area contributed by atoms with Gasteiger partial charge in [-0.1, -0.05) is 6.07 Å². The van der Waals surface area contributed by atoms with Gasteiger partial charge in [0.2, 0.25) is 0 Å². The van der Waals surface area contributed by atoms with Crippen molar-refractivity contribution in [3.63, 3.8) is 0 Å². The quantitative estimate of drug-likeness (QED) is 0.459. The van der Waals surface area contributed by atoms with Gasteiger partial charge in [0, 0.05) is 12.6 Å². The van der Waals surface area contributed by atoms with E-state index in [-0.39, 0.29) is 23.0 Å². The smallest absolute Gasteiger partial charge is 0.304 e. The van der Waals surface area contributed by atoms with Crippen LogP contribution in [0.4, 0.5) is 11.4 Å². The molecule has 0 saturated heterocycles. The minimum Gasteiger partial charge on any atom is -0.393 e. The average Bonchev–Trinajstić information content (AvgIpc) is 2.35. The van der Waals surface area contributed by atoms with E-state index in [4.69, 9.17) is 10.5 Å². The van der Waals surface area contributed by atoms with Crippen LogP contribution in [0.5, 0.6) is 0 Å². The zero-order valence-electron chi connectivity index (χ0n) is 10.9. The second-order valence-electron chi connectivity index (χ2n) is 4.03. The van der Waals surface area contributed by atoms with E-state index in [0.717, 1.165) is 0 Å². The number of carbonyl (C=O) groups is 1. The molecule has 104 valence electrons. The largest absolute Gasteiger partial charge is 0.393 e. The molecule has 1 amide bonds. The summed E-state index contributed by atoms with van der Waals surface area (Å²) in [7, 11) is 0. The Morgan fingerprint density at radius 3 is 2.84 bits per heavy atom. The first-order valence-electron chi connectivity index (χ1n) is 5.88. The highest BCUT2D eigenvalue weighted by molar-refractivity contribution is 6.00. The van der Waals surface area contributed by atoms with Crippen LogP contribution in [0.1, 0.15) is 24.2 Å². The molecule has 0 heterocycles. The van der Waals surface area contributed by atoms with E-state index in [9.17, 15) is 14.9 Å². The van der Waals surface area contributed by atoms with Crippen molar-refractivity contribution in [2.75, 3.05) is 18.9 Å². The molecular weight excluding hydrogens is 250 g/mol. The lowest BCUT2D eigenvalue weighted by Crippen LogP contribution is -2.36. The second-order valence-corrected chi connectivity index (χ2v) is 4.03. The highest BCUT2D eigenvalue weighted by Gasteiger charge is 2.23. The molecule has 7 nitrogen and oxygen atoms in total. The number of carbonyl (C=O) groups excluding carboxylic acids is 1. The maximum Gasteiger partial charge on any atom is 0.304 e. The van der Waals surface area contributed by atoms with Crippen LogP contribution in [0.15, 0.2) is 18.2 Å². The number of nitrogens with two attached hydrogens (primary N) is 1. The van der Waals surface area contributed by atoms with E-state index in [1.54, 1.807) is 6.92 Å². The van der Waals surface area contributed by atoms with E-state index in [1.165, 1.54) is 18.2 Å². The lowest BCUT2D eigenvalue weighted by atomic mass is 10.1. The van der Waals surface area contributed by atoms with E-state index >= 15 is 0 Å². The number of ether oxygens (including phenoxy) is 1. The highest BCUT2D eigenvalue weighted by atomic mass is 16.6. The Labute approximate surface area is 110 Å². The molecule has 7 heteroatoms. The third-order valence-electron chi connectivity index (χ3n) is 2.44. The Bertz CT molecular complexity index is 476. The fourth-order valence-corrected chi connectivity index (χ4v) is 1.59. The van der Waals surface area contributed by atoms with Crippen molar-refractivity contribution in [2.45, 2.75) is 19.9 Å². The van der Waals surface area contributed by atoms with Crippen molar-refractivity contribution in [1.29, 1.82) is 0 Å². The van der Waals surface area contributed by atoms with Crippen LogP contribution < -0.4 is 11.1 Å². The molecule has 0 aliphatic heterocycles. The fourth-order valence-electron chi connectivity index (χ4n) is 1.59. The number of nitrogens with one attached hydrogen (secondary N) is 1. The molecule has 1 unspecified atom stereocenters. The molecule has 3 N–H and O–H groups in total. The Morgan fingerprint density at radius 1 is 1.58 bits per heavy atom. The number of hydrogen-bond donors (Lipinski definition) is 2. The van der Waals surface area contributed by atoms with Crippen molar-refractivity contribution in [2.24, 2.45) is 0 Å². The SMILES string of the molecule is CCOCC(C)NC(=O)c1cccc(N)c1[N+](=O)[O-]. The monoisotopic (exact) mass is 267 g/mol. The number of hydrogen-bond acceptors (Lipinski definition) is 5. The minimum atomic E-state index is -0.655. The van der Waals surface area contributed by atoms with Gasteiger partial charge in [0.15, 0.2) is 0 Å². The standard InChI is InChI=1S/C12H17N3O4/c1-3-19-7-8(2)14-12(16)9-5-4-6-10(13)11(9)15(17)18/h4-6,8H,3,7,13H2,1-2H3,(H,14,16). The summed E-state index contributed by atoms with van der Waals surface area (Å²) in [5.74, 6) is -0.536. The third-order valence-corrected chi connectivity index (χ3v) is 2.44. The first kappa shape index (κ1) is 14.9. The van der Waals surface area contributed by atoms with Gasteiger partial charge in [-0.3, -0.25) is 14.9 Å². The summed E-state index contributed by atoms with van der Waals surface area (Å²) in [5, 5.41) is 13.6. The lowest BCUT2D eigenvalue weighted by Gasteiger charge is -2.13. The molecular formula is C12H17N3O4. The van der Waals surface area contributed by atoms with E-state index in [2.05, 4.69) is 5.32 Å². The number of rotatable bonds is 6. The first-order chi connectivity index (χ1) is 8.97. The molecule has 0 saturated carbocycles. The van der Waals surface area contributed by atoms with Gasteiger partial charge in [-0.05, 0) is 26.0 Å². The Kier molecular flexibility index (Phi) is 5.25. The van der Waals surface area contributed by atoms with Crippen LogP contribution in [-0.4, -0.2) is 30.1 Å². The Balaban J connectivity index is 2.88. The number of benzene rings is 1. The first-order valence-corrected chi connectivity index (χ1v) is 5.88. The normalized spacial score (nSPS) is 11.9. The molecule has 0 aliphatic carbocycles. The van der Waals surface area contributed by atoms with Crippen LogP contribution in [0, 0.1) is 10.1 Å². The van der Waals surface area contributed by atoms with Crippen LogP contribution in [0.25, 0.3) is 0 Å². The summed E-state index contributed by atoms with van der Waals surface area (Å²) in [6.07, 6.45) is 0. The maximum atomic E-state index is 12.0. The predicted molar refractivity (Wildman–Crippen MR) is 70.9 cm³/mol. The molecule has 1 aromatic carbocycles. The number of nitrogen functional groups attached to an aromatic ring is 1. The summed E-state index contributed by atoms with van der Waals surface area (Å²) in [5.41, 5.74) is 5.07. The van der Waals surface area contributed by atoms with Gasteiger partial charge in [-0.2, -0.15) is 0 Å². The molecule has 1 rings (SSSR count). The van der Waals surface area contributed by atoms with Crippen LogP contribution >= 0.6 is 0 Å². The zero-order valence-corrected chi connectivity index (χ0v) is 10.9. The summed E-state index contributed by atoms with van der Waals surface area (Å²) < 4.78 is 5.16. The highest BCUT2D eigenvalue weighted by Crippen LogP contribution is 2.25. The fraction of sp³-hybridized carbons (Fsp3) is 0.417. The molecule has 1 aromatic rings. The number of anilines is 1. The molecule has 0 aromatic heterocycles. The Morgan fingerprint density at radius 2 is 2.26 bits per heavy atom. The van der Waals surface area contributed by atoms with Crippen molar-refractivity contribution in [3.05, 3.63) is 33.9 Å². The average molecular weight is 267 g/mol. The number of para-hydroxylation sites is 1. The number of nitro groups is 1. The summed E-state index contributed by atoms with van der Waals surface area (Å²) in [6, 6.07) is 4.02. The molecule has 1 atom stereocenters. The Hall–Kier alpha value is -2.15. The predicted octanol–water partition coefficient (Wildman–Crippen LogP) is 1.33.